The number of nitrogens with one attached hydrogen (secondary N) is 3. The summed E-state index contributed by atoms with van der Waals surface area (Å²) in [5, 5.41) is 30.3. The highest BCUT2D eigenvalue weighted by molar-refractivity contribution is 7.15. The zero-order valence-electron chi connectivity index (χ0n) is 23.6. The first-order valence-corrected chi connectivity index (χ1v) is 14.5. The van der Waals surface area contributed by atoms with E-state index in [4.69, 9.17) is 9.72 Å². The molecule has 4 rings (SSSR count). The lowest BCUT2D eigenvalue weighted by Crippen LogP contribution is -2.57. The number of hydrogen-bond acceptors (Lipinski definition) is 8. The Bertz CT molecular complexity index is 1230. The summed E-state index contributed by atoms with van der Waals surface area (Å²) < 4.78 is 5.18. The van der Waals surface area contributed by atoms with Gasteiger partial charge >= 0.3 is 0 Å². The van der Waals surface area contributed by atoms with Crippen LogP contribution in [0, 0.1) is 16.7 Å². The highest BCUT2D eigenvalue weighted by Crippen LogP contribution is 2.62. The Hall–Kier alpha value is -3.02. The summed E-state index contributed by atoms with van der Waals surface area (Å²) in [5.74, 6) is -0.127. The first-order chi connectivity index (χ1) is 19.0. The Balaban J connectivity index is 1.57. The van der Waals surface area contributed by atoms with Gasteiger partial charge in [0, 0.05) is 42.6 Å². The highest BCUT2D eigenvalue weighted by Gasteiger charge is 2.59. The van der Waals surface area contributed by atoms with Gasteiger partial charge in [-0.25, -0.2) is 4.98 Å². The molecule has 0 bridgehead atoms. The number of amides is 3. The van der Waals surface area contributed by atoms with Gasteiger partial charge in [-0.15, -0.1) is 11.3 Å². The fourth-order valence-corrected chi connectivity index (χ4v) is 7.57. The third kappa shape index (κ3) is 6.16. The predicted molar refractivity (Wildman–Crippen MR) is 152 cm³/mol. The zero-order valence-corrected chi connectivity index (χ0v) is 24.4. The van der Waals surface area contributed by atoms with Gasteiger partial charge in [-0.1, -0.05) is 26.0 Å². The van der Waals surface area contributed by atoms with Crippen LogP contribution in [0.5, 0.6) is 5.75 Å². The smallest absolute Gasteiger partial charge is 0.230 e. The molecule has 0 radical (unpaired) electrons. The molecular formula is C29H40N4O6S. The molecule has 1 heterocycles. The molecule has 1 aromatic carbocycles. The van der Waals surface area contributed by atoms with Crippen LogP contribution in [0.15, 0.2) is 24.3 Å². The molecule has 10 nitrogen and oxygen atoms in total. The Morgan fingerprint density at radius 2 is 1.82 bits per heavy atom. The van der Waals surface area contributed by atoms with E-state index in [1.165, 1.54) is 18.3 Å². The minimum Gasteiger partial charge on any atom is -0.497 e. The number of aromatic nitrogens is 1. The number of carbonyl (C=O) groups is 3. The summed E-state index contributed by atoms with van der Waals surface area (Å²) in [5.41, 5.74) is 0.529. The molecule has 1 aromatic heterocycles. The van der Waals surface area contributed by atoms with Gasteiger partial charge in [0.1, 0.15) is 5.75 Å². The van der Waals surface area contributed by atoms with Crippen molar-refractivity contribution in [2.45, 2.75) is 64.9 Å². The van der Waals surface area contributed by atoms with E-state index in [1.807, 2.05) is 31.2 Å². The second-order valence-electron chi connectivity index (χ2n) is 11.5. The second-order valence-corrected chi connectivity index (χ2v) is 12.6. The predicted octanol–water partition coefficient (Wildman–Crippen LogP) is 2.39. The summed E-state index contributed by atoms with van der Waals surface area (Å²) >= 11 is 1.40. The fourth-order valence-electron chi connectivity index (χ4n) is 6.49. The van der Waals surface area contributed by atoms with E-state index in [1.54, 1.807) is 7.11 Å². The average molecular weight is 573 g/mol. The third-order valence-corrected chi connectivity index (χ3v) is 9.88. The van der Waals surface area contributed by atoms with Crippen molar-refractivity contribution >= 4 is 34.2 Å². The van der Waals surface area contributed by atoms with Gasteiger partial charge in [0.2, 0.25) is 17.7 Å². The van der Waals surface area contributed by atoms with Crippen molar-refractivity contribution in [1.29, 1.82) is 0 Å². The van der Waals surface area contributed by atoms with Crippen molar-refractivity contribution < 1.29 is 29.3 Å². The first kappa shape index (κ1) is 30.0. The second kappa shape index (κ2) is 12.2. The normalized spacial score (nSPS) is 27.2. The number of aliphatic hydroxyl groups is 2. The Morgan fingerprint density at radius 1 is 1.12 bits per heavy atom. The van der Waals surface area contributed by atoms with Crippen molar-refractivity contribution in [1.82, 2.24) is 15.6 Å². The topological polar surface area (TPSA) is 150 Å². The molecule has 5 atom stereocenters. The summed E-state index contributed by atoms with van der Waals surface area (Å²) in [6.07, 6.45) is 1.53. The molecule has 1 fully saturated rings. The molecule has 2 aliphatic carbocycles. The number of benzene rings is 1. The molecule has 3 amide bonds. The lowest BCUT2D eigenvalue weighted by atomic mass is 9.47. The summed E-state index contributed by atoms with van der Waals surface area (Å²) in [4.78, 5) is 42.9. The Kier molecular flexibility index (Phi) is 9.16. The van der Waals surface area contributed by atoms with Crippen LogP contribution in [0.4, 0.5) is 5.13 Å². The molecule has 1 saturated carbocycles. The highest BCUT2D eigenvalue weighted by atomic mass is 32.1. The van der Waals surface area contributed by atoms with E-state index in [0.717, 1.165) is 21.9 Å². The summed E-state index contributed by atoms with van der Waals surface area (Å²) in [6, 6.07) is 7.31. The number of rotatable bonds is 10. The van der Waals surface area contributed by atoms with Gasteiger partial charge in [0.25, 0.3) is 0 Å². The van der Waals surface area contributed by atoms with Gasteiger partial charge in [-0.3, -0.25) is 14.4 Å². The number of fused-ring (bicyclic) bond motifs is 2. The maximum atomic E-state index is 13.1. The average Bonchev–Trinajstić information content (AvgIpc) is 3.32. The molecule has 0 saturated heterocycles. The number of hydrogen-bond donors (Lipinski definition) is 5. The number of thiazole rings is 1. The maximum absolute atomic E-state index is 13.1. The summed E-state index contributed by atoms with van der Waals surface area (Å²) in [6.45, 7) is 5.98. The molecule has 0 unspecified atom stereocenters. The summed E-state index contributed by atoms with van der Waals surface area (Å²) in [7, 11) is 1.59. The number of aliphatic hydroxyl groups excluding tert-OH is 2. The monoisotopic (exact) mass is 572 g/mol. The molecule has 2 aromatic rings. The number of ether oxygens (including phenoxy) is 1. The zero-order chi connectivity index (χ0) is 29.1. The van der Waals surface area contributed by atoms with Crippen molar-refractivity contribution in [2.24, 2.45) is 16.7 Å². The van der Waals surface area contributed by atoms with Gasteiger partial charge in [-0.2, -0.15) is 0 Å². The van der Waals surface area contributed by atoms with Gasteiger partial charge in [0.15, 0.2) is 5.13 Å². The van der Waals surface area contributed by atoms with E-state index in [2.05, 4.69) is 22.9 Å². The van der Waals surface area contributed by atoms with Gasteiger partial charge in [0.05, 0.1) is 31.9 Å². The van der Waals surface area contributed by atoms with E-state index in [-0.39, 0.29) is 49.0 Å². The van der Waals surface area contributed by atoms with Crippen LogP contribution >= 0.6 is 11.3 Å². The van der Waals surface area contributed by atoms with Crippen LogP contribution in [-0.2, 0) is 27.2 Å². The van der Waals surface area contributed by atoms with E-state index >= 15 is 0 Å². The lowest BCUT2D eigenvalue weighted by molar-refractivity contribution is -0.144. The number of nitrogens with zero attached hydrogens (tertiary/aromatic N) is 1. The molecule has 0 aliphatic heterocycles. The van der Waals surface area contributed by atoms with E-state index in [9.17, 15) is 24.6 Å². The van der Waals surface area contributed by atoms with Gasteiger partial charge in [-0.05, 0) is 48.3 Å². The Labute approximate surface area is 238 Å². The standard InChI is InChI=1S/C29H40N4O6S/c1-17(35)30-11-12-31-24(37)14-20-26-21(15-22-28(20,2)10-9-23(36)29(22,3)16-34)40-27(33-26)32-25(38)13-18-5-7-19(39-4)8-6-18/h5-8,20,22-23,34,36H,9-16H2,1-4H3,(H,30,35)(H,31,37)(H,32,33,38)/t20-,22+,23-,28+,29+/m1/s1. The SMILES string of the molecule is COc1ccc(CC(=O)Nc2nc3c(s2)C[C@@H]2[C@](C)(CO)[C@H](O)CC[C@@]2(C)[C@@H]3CC(=O)NCCNC(C)=O)cc1. The molecule has 11 heteroatoms. The van der Waals surface area contributed by atoms with Crippen LogP contribution in [0.3, 0.4) is 0 Å². The van der Waals surface area contributed by atoms with Crippen molar-refractivity contribution in [3.63, 3.8) is 0 Å². The minimum atomic E-state index is -0.730. The molecule has 5 N–H and O–H groups in total. The quantitative estimate of drug-likeness (QED) is 0.274. The molecule has 0 spiro atoms. The number of methoxy groups -OCH3 is 1. The van der Waals surface area contributed by atoms with Crippen LogP contribution in [-0.4, -0.2) is 65.8 Å². The molecule has 218 valence electrons. The van der Waals surface area contributed by atoms with E-state index in [0.29, 0.717) is 37.5 Å². The van der Waals surface area contributed by atoms with Crippen LogP contribution in [0.1, 0.15) is 62.1 Å². The number of anilines is 1. The van der Waals surface area contributed by atoms with Crippen LogP contribution in [0.25, 0.3) is 0 Å². The van der Waals surface area contributed by atoms with Crippen LogP contribution < -0.4 is 20.7 Å². The largest absolute Gasteiger partial charge is 0.497 e. The first-order valence-electron chi connectivity index (χ1n) is 13.7. The van der Waals surface area contributed by atoms with Crippen LogP contribution in [0.2, 0.25) is 0 Å². The van der Waals surface area contributed by atoms with Gasteiger partial charge < -0.3 is 30.9 Å². The third-order valence-electron chi connectivity index (χ3n) is 8.87. The lowest BCUT2D eigenvalue weighted by Gasteiger charge is -2.58. The van der Waals surface area contributed by atoms with Crippen molar-refractivity contribution in [3.05, 3.63) is 40.4 Å². The van der Waals surface area contributed by atoms with Crippen molar-refractivity contribution in [3.8, 4) is 5.75 Å². The molecule has 2 aliphatic rings. The molecular weight excluding hydrogens is 532 g/mol. The van der Waals surface area contributed by atoms with E-state index < -0.39 is 16.9 Å². The maximum Gasteiger partial charge on any atom is 0.230 e. The van der Waals surface area contributed by atoms with Crippen molar-refractivity contribution in [2.75, 3.05) is 32.1 Å². The number of carbonyl (C=O) groups excluding carboxylic acids is 3. The minimum absolute atomic E-state index is 0.0817. The fraction of sp³-hybridized carbons (Fsp3) is 0.586. The Morgan fingerprint density at radius 3 is 2.48 bits per heavy atom. The molecule has 40 heavy (non-hydrogen) atoms.